The van der Waals surface area contributed by atoms with E-state index in [1.165, 1.54) is 6.07 Å². The Balaban J connectivity index is 3.09. The van der Waals surface area contributed by atoms with Gasteiger partial charge in [-0.05, 0) is 31.8 Å². The summed E-state index contributed by atoms with van der Waals surface area (Å²) in [5.41, 5.74) is 0.942. The predicted octanol–water partition coefficient (Wildman–Crippen LogP) is 1.05. The number of halogens is 1. The summed E-state index contributed by atoms with van der Waals surface area (Å²) in [6, 6.07) is 4.74. The van der Waals surface area contributed by atoms with Gasteiger partial charge in [0.15, 0.2) is 0 Å². The van der Waals surface area contributed by atoms with Gasteiger partial charge in [-0.2, -0.15) is 0 Å². The molecule has 0 fully saturated rings. The number of sulfonamides is 1. The van der Waals surface area contributed by atoms with Gasteiger partial charge in [0.2, 0.25) is 10.0 Å². The molecule has 0 aliphatic heterocycles. The van der Waals surface area contributed by atoms with Gasteiger partial charge in [-0.15, -0.1) is 0 Å². The summed E-state index contributed by atoms with van der Waals surface area (Å²) in [7, 11) is 0.112. The van der Waals surface area contributed by atoms with Gasteiger partial charge < -0.3 is 4.90 Å². The van der Waals surface area contributed by atoms with Crippen LogP contribution in [0.1, 0.15) is 5.56 Å². The first kappa shape index (κ1) is 12.4. The van der Waals surface area contributed by atoms with E-state index < -0.39 is 10.0 Å². The molecule has 0 unspecified atom stereocenters. The molecule has 0 aliphatic carbocycles. The second-order valence-electron chi connectivity index (χ2n) is 3.55. The van der Waals surface area contributed by atoms with E-state index in [1.807, 2.05) is 19.0 Å². The summed E-state index contributed by atoms with van der Waals surface area (Å²) in [4.78, 5) is 1.93. The molecule has 0 heterocycles. The summed E-state index contributed by atoms with van der Waals surface area (Å²) >= 11 is 5.82. The lowest BCUT2D eigenvalue weighted by molar-refractivity contribution is 0.402. The van der Waals surface area contributed by atoms with E-state index in [0.29, 0.717) is 6.54 Å². The summed E-state index contributed by atoms with van der Waals surface area (Å²) in [5, 5.41) is 5.15. The number of rotatable bonds is 3. The zero-order chi connectivity index (χ0) is 11.6. The van der Waals surface area contributed by atoms with E-state index in [-0.39, 0.29) is 9.92 Å². The van der Waals surface area contributed by atoms with Crippen molar-refractivity contribution in [3.63, 3.8) is 0 Å². The van der Waals surface area contributed by atoms with Crippen LogP contribution in [0, 0.1) is 0 Å². The van der Waals surface area contributed by atoms with Crippen molar-refractivity contribution in [2.45, 2.75) is 11.4 Å². The molecule has 0 aliphatic rings. The third-order valence-corrected chi connectivity index (χ3v) is 3.20. The minimum absolute atomic E-state index is 0.0355. The zero-order valence-corrected chi connectivity index (χ0v) is 10.1. The molecule has 1 rings (SSSR count). The highest BCUT2D eigenvalue weighted by Gasteiger charge is 2.12. The maximum Gasteiger partial charge on any atom is 0.239 e. The first-order valence-corrected chi connectivity index (χ1v) is 6.19. The minimum atomic E-state index is -3.72. The third kappa shape index (κ3) is 3.46. The first-order chi connectivity index (χ1) is 6.80. The Labute approximate surface area is 94.7 Å². The zero-order valence-electron chi connectivity index (χ0n) is 8.57. The lowest BCUT2D eigenvalue weighted by atomic mass is 10.2. The number of benzene rings is 1. The number of nitrogens with two attached hydrogens (primary N) is 1. The van der Waals surface area contributed by atoms with Crippen molar-refractivity contribution in [1.82, 2.24) is 4.90 Å². The van der Waals surface area contributed by atoms with Crippen LogP contribution in [0.3, 0.4) is 0 Å². The molecule has 0 spiro atoms. The molecule has 0 atom stereocenters. The second-order valence-corrected chi connectivity index (χ2v) is 5.48. The molecule has 0 saturated carbocycles. The maximum absolute atomic E-state index is 11.1. The fraction of sp³-hybridized carbons (Fsp3) is 0.333. The van der Waals surface area contributed by atoms with Gasteiger partial charge in [0.1, 0.15) is 4.90 Å². The molecule has 0 radical (unpaired) electrons. The van der Waals surface area contributed by atoms with Crippen LogP contribution in [0.25, 0.3) is 0 Å². The topological polar surface area (TPSA) is 63.4 Å². The van der Waals surface area contributed by atoms with Crippen molar-refractivity contribution in [1.29, 1.82) is 0 Å². The highest BCUT2D eigenvalue weighted by Crippen LogP contribution is 2.21. The smallest absolute Gasteiger partial charge is 0.239 e. The van der Waals surface area contributed by atoms with Crippen LogP contribution in [-0.2, 0) is 16.6 Å². The number of hydrogen-bond donors (Lipinski definition) is 1. The molecule has 84 valence electrons. The molecule has 1 aromatic carbocycles. The Hall–Kier alpha value is -0.620. The number of primary sulfonamides is 1. The molecule has 4 nitrogen and oxygen atoms in total. The monoisotopic (exact) mass is 248 g/mol. The van der Waals surface area contributed by atoms with Crippen molar-refractivity contribution < 1.29 is 8.42 Å². The molecular formula is C9H13ClN2O2S. The molecule has 15 heavy (non-hydrogen) atoms. The first-order valence-electron chi connectivity index (χ1n) is 4.26. The Morgan fingerprint density at radius 2 is 2.00 bits per heavy atom. The van der Waals surface area contributed by atoms with Crippen molar-refractivity contribution in [2.24, 2.45) is 5.14 Å². The normalized spacial score (nSPS) is 12.1. The summed E-state index contributed by atoms with van der Waals surface area (Å²) in [6.45, 7) is 0.699. The number of nitrogens with zero attached hydrogens (tertiary/aromatic N) is 1. The molecule has 0 bridgehead atoms. The van der Waals surface area contributed by atoms with Crippen LogP contribution in [0.5, 0.6) is 0 Å². The van der Waals surface area contributed by atoms with Gasteiger partial charge in [0.05, 0.1) is 5.02 Å². The fourth-order valence-corrected chi connectivity index (χ4v) is 2.35. The Morgan fingerprint density at radius 1 is 1.40 bits per heavy atom. The fourth-order valence-electron chi connectivity index (χ4n) is 1.24. The Morgan fingerprint density at radius 3 is 2.40 bits per heavy atom. The molecule has 0 aromatic heterocycles. The van der Waals surface area contributed by atoms with E-state index in [9.17, 15) is 8.42 Å². The Bertz CT molecular complexity index is 457. The molecular weight excluding hydrogens is 236 g/mol. The molecule has 0 amide bonds. The van der Waals surface area contributed by atoms with Gasteiger partial charge in [0, 0.05) is 6.54 Å². The van der Waals surface area contributed by atoms with Crippen LogP contribution in [0.15, 0.2) is 23.1 Å². The lowest BCUT2D eigenvalue weighted by Crippen LogP contribution is -2.14. The van der Waals surface area contributed by atoms with E-state index in [2.05, 4.69) is 0 Å². The second kappa shape index (κ2) is 4.49. The SMILES string of the molecule is CN(C)Cc1ccc(S(N)(=O)=O)c(Cl)c1. The molecule has 1 aromatic rings. The minimum Gasteiger partial charge on any atom is -0.305 e. The quantitative estimate of drug-likeness (QED) is 0.870. The van der Waals surface area contributed by atoms with E-state index in [1.54, 1.807) is 12.1 Å². The molecule has 2 N–H and O–H groups in total. The van der Waals surface area contributed by atoms with E-state index in [0.717, 1.165) is 5.56 Å². The van der Waals surface area contributed by atoms with Gasteiger partial charge in [-0.3, -0.25) is 0 Å². The van der Waals surface area contributed by atoms with Crippen molar-refractivity contribution in [3.8, 4) is 0 Å². The van der Waals surface area contributed by atoms with Crippen LogP contribution in [0.4, 0.5) is 0 Å². The average molecular weight is 249 g/mol. The molecule has 0 saturated heterocycles. The van der Waals surface area contributed by atoms with E-state index >= 15 is 0 Å². The summed E-state index contributed by atoms with van der Waals surface area (Å²) in [5.74, 6) is 0. The third-order valence-electron chi connectivity index (χ3n) is 1.80. The Kier molecular flexibility index (Phi) is 3.72. The molecule has 6 heteroatoms. The maximum atomic E-state index is 11.1. The summed E-state index contributed by atoms with van der Waals surface area (Å²) in [6.07, 6.45) is 0. The van der Waals surface area contributed by atoms with Crippen LogP contribution in [-0.4, -0.2) is 27.4 Å². The van der Waals surface area contributed by atoms with E-state index in [4.69, 9.17) is 16.7 Å². The van der Waals surface area contributed by atoms with Crippen molar-refractivity contribution in [2.75, 3.05) is 14.1 Å². The standard InChI is InChI=1S/C9H13ClN2O2S/c1-12(2)6-7-3-4-9(8(10)5-7)15(11,13)14/h3-5H,6H2,1-2H3,(H2,11,13,14). The van der Waals surface area contributed by atoms with Gasteiger partial charge >= 0.3 is 0 Å². The predicted molar refractivity (Wildman–Crippen MR) is 60.2 cm³/mol. The van der Waals surface area contributed by atoms with Gasteiger partial charge in [-0.25, -0.2) is 13.6 Å². The van der Waals surface area contributed by atoms with Gasteiger partial charge in [0.25, 0.3) is 0 Å². The number of hydrogen-bond acceptors (Lipinski definition) is 3. The summed E-state index contributed by atoms with van der Waals surface area (Å²) < 4.78 is 22.1. The van der Waals surface area contributed by atoms with Crippen molar-refractivity contribution in [3.05, 3.63) is 28.8 Å². The van der Waals surface area contributed by atoms with Crippen LogP contribution >= 0.6 is 11.6 Å². The highest BCUT2D eigenvalue weighted by atomic mass is 35.5. The highest BCUT2D eigenvalue weighted by molar-refractivity contribution is 7.89. The largest absolute Gasteiger partial charge is 0.305 e. The van der Waals surface area contributed by atoms with Crippen molar-refractivity contribution >= 4 is 21.6 Å². The van der Waals surface area contributed by atoms with Gasteiger partial charge in [-0.1, -0.05) is 17.7 Å². The van der Waals surface area contributed by atoms with Crippen LogP contribution < -0.4 is 5.14 Å². The average Bonchev–Trinajstić information content (AvgIpc) is 1.99. The lowest BCUT2D eigenvalue weighted by Gasteiger charge is -2.10. The van der Waals surface area contributed by atoms with Crippen LogP contribution in [0.2, 0.25) is 5.02 Å².